The molecule has 77 heavy (non-hydrogen) atoms. The van der Waals surface area contributed by atoms with Crippen molar-refractivity contribution in [1.82, 2.24) is 0 Å². The summed E-state index contributed by atoms with van der Waals surface area (Å²) in [4.78, 5) is 38.4. The monoisotopic (exact) mass is 1080 g/mol. The van der Waals surface area contributed by atoms with E-state index < -0.39 is 6.10 Å². The van der Waals surface area contributed by atoms with Gasteiger partial charge >= 0.3 is 17.9 Å². The van der Waals surface area contributed by atoms with Crippen molar-refractivity contribution in [2.45, 2.75) is 374 Å². The molecule has 0 N–H and O–H groups in total. The summed E-state index contributed by atoms with van der Waals surface area (Å²) in [6.45, 7) is 6.59. The van der Waals surface area contributed by atoms with Gasteiger partial charge in [-0.25, -0.2) is 0 Å². The van der Waals surface area contributed by atoms with Crippen molar-refractivity contribution in [1.29, 1.82) is 0 Å². The fraction of sp³-hybridized carbons (Fsp3) is 0.845. The van der Waals surface area contributed by atoms with Gasteiger partial charge in [0, 0.05) is 19.3 Å². The van der Waals surface area contributed by atoms with Crippen LogP contribution in [0.4, 0.5) is 0 Å². The fourth-order valence-electron chi connectivity index (χ4n) is 10.2. The van der Waals surface area contributed by atoms with Gasteiger partial charge in [-0.2, -0.15) is 0 Å². The molecule has 1 atom stereocenters. The number of esters is 3. The molecule has 1 unspecified atom stereocenters. The van der Waals surface area contributed by atoms with E-state index >= 15 is 0 Å². The third-order valence-corrected chi connectivity index (χ3v) is 15.3. The van der Waals surface area contributed by atoms with Crippen LogP contribution in [0, 0.1) is 0 Å². The van der Waals surface area contributed by atoms with Gasteiger partial charge in [0.25, 0.3) is 0 Å². The largest absolute Gasteiger partial charge is 0.462 e. The molecular weight excluding hydrogens is 949 g/mol. The number of ether oxygens (including phenoxy) is 3. The van der Waals surface area contributed by atoms with Crippen LogP contribution >= 0.6 is 0 Å². The number of unbranched alkanes of at least 4 members (excludes halogenated alkanes) is 44. The molecule has 0 aliphatic carbocycles. The maximum Gasteiger partial charge on any atom is 0.306 e. The summed E-state index contributed by atoms with van der Waals surface area (Å²) in [7, 11) is 0. The number of carbonyl (C=O) groups is 3. The van der Waals surface area contributed by atoms with Gasteiger partial charge in [-0.15, -0.1) is 0 Å². The lowest BCUT2D eigenvalue weighted by atomic mass is 10.0. The fourth-order valence-corrected chi connectivity index (χ4v) is 10.2. The van der Waals surface area contributed by atoms with Crippen LogP contribution in [-0.2, 0) is 28.6 Å². The number of hydrogen-bond acceptors (Lipinski definition) is 6. The molecule has 0 heterocycles. The lowest BCUT2D eigenvalue weighted by molar-refractivity contribution is -0.167. The molecule has 0 saturated carbocycles. The maximum absolute atomic E-state index is 12.9. The molecule has 0 saturated heterocycles. The van der Waals surface area contributed by atoms with Crippen LogP contribution in [0.15, 0.2) is 48.6 Å². The van der Waals surface area contributed by atoms with Crippen molar-refractivity contribution in [2.75, 3.05) is 13.2 Å². The Bertz CT molecular complexity index is 1330. The molecule has 450 valence electrons. The topological polar surface area (TPSA) is 78.9 Å². The Morgan fingerprint density at radius 2 is 0.506 bits per heavy atom. The van der Waals surface area contributed by atoms with Crippen LogP contribution in [0.5, 0.6) is 0 Å². The summed E-state index contributed by atoms with van der Waals surface area (Å²) in [5.41, 5.74) is 0. The molecular formula is C71H130O6. The van der Waals surface area contributed by atoms with Crippen LogP contribution in [0.3, 0.4) is 0 Å². The van der Waals surface area contributed by atoms with Crippen LogP contribution in [-0.4, -0.2) is 37.2 Å². The smallest absolute Gasteiger partial charge is 0.306 e. The minimum absolute atomic E-state index is 0.0725. The van der Waals surface area contributed by atoms with E-state index in [9.17, 15) is 14.4 Å². The maximum atomic E-state index is 12.9. The van der Waals surface area contributed by atoms with Gasteiger partial charge in [-0.3, -0.25) is 14.4 Å². The first-order valence-corrected chi connectivity index (χ1v) is 34.1. The van der Waals surface area contributed by atoms with Crippen LogP contribution in [0.2, 0.25) is 0 Å². The molecule has 0 aliphatic heterocycles. The third kappa shape index (κ3) is 64.1. The number of allylic oxidation sites excluding steroid dienone is 8. The van der Waals surface area contributed by atoms with Gasteiger partial charge in [0.15, 0.2) is 6.10 Å². The first kappa shape index (κ1) is 74.4. The Hall–Kier alpha value is -2.63. The standard InChI is InChI=1S/C71H130O6/c1-4-7-10-13-16-19-22-25-28-31-33-34-35-36-38-40-43-46-49-52-55-58-61-64-70(73)76-67-68(66-75-69(72)63-60-57-54-51-48-45-42-39-30-27-24-21-18-15-12-9-6-3)77-71(74)65-62-59-56-53-50-47-44-41-37-32-29-26-23-20-17-14-11-8-5-2/h9,12,18,21,27,30-31,33,68H,4-8,10-11,13-17,19-20,22-26,28-29,32,34-67H2,1-3H3/b12-9-,21-18-,30-27-,33-31-. The summed E-state index contributed by atoms with van der Waals surface area (Å²) < 4.78 is 17.0. The van der Waals surface area contributed by atoms with Gasteiger partial charge in [0.2, 0.25) is 0 Å². The molecule has 0 aromatic heterocycles. The zero-order valence-corrected chi connectivity index (χ0v) is 51.7. The second-order valence-electron chi connectivity index (χ2n) is 23.1. The van der Waals surface area contributed by atoms with Crippen molar-refractivity contribution < 1.29 is 28.6 Å². The molecule has 0 bridgehead atoms. The van der Waals surface area contributed by atoms with Crippen LogP contribution in [0.1, 0.15) is 367 Å². The van der Waals surface area contributed by atoms with Crippen LogP contribution in [0.25, 0.3) is 0 Å². The van der Waals surface area contributed by atoms with Crippen molar-refractivity contribution in [3.63, 3.8) is 0 Å². The quantitative estimate of drug-likeness (QED) is 0.0261. The van der Waals surface area contributed by atoms with Gasteiger partial charge in [0.05, 0.1) is 0 Å². The summed E-state index contributed by atoms with van der Waals surface area (Å²) in [5, 5.41) is 0. The van der Waals surface area contributed by atoms with Crippen molar-refractivity contribution in [3.05, 3.63) is 48.6 Å². The predicted molar refractivity (Wildman–Crippen MR) is 335 cm³/mol. The predicted octanol–water partition coefficient (Wildman–Crippen LogP) is 23.3. The molecule has 0 fully saturated rings. The van der Waals surface area contributed by atoms with E-state index in [0.717, 1.165) is 83.5 Å². The Labute approximate surface area is 479 Å². The second kappa shape index (κ2) is 65.9. The van der Waals surface area contributed by atoms with E-state index in [2.05, 4.69) is 69.4 Å². The van der Waals surface area contributed by atoms with Crippen molar-refractivity contribution >= 4 is 17.9 Å². The highest BCUT2D eigenvalue weighted by Gasteiger charge is 2.19. The molecule has 0 aliphatic rings. The number of carbonyl (C=O) groups excluding carboxylic acids is 3. The number of hydrogen-bond donors (Lipinski definition) is 0. The van der Waals surface area contributed by atoms with E-state index in [1.807, 2.05) is 0 Å². The summed E-state index contributed by atoms with van der Waals surface area (Å²) in [5.74, 6) is -0.857. The van der Waals surface area contributed by atoms with E-state index in [1.165, 1.54) is 244 Å². The minimum Gasteiger partial charge on any atom is -0.462 e. The zero-order valence-electron chi connectivity index (χ0n) is 51.7. The Morgan fingerprint density at radius 1 is 0.273 bits per heavy atom. The van der Waals surface area contributed by atoms with Crippen molar-refractivity contribution in [3.8, 4) is 0 Å². The van der Waals surface area contributed by atoms with Gasteiger partial charge in [-0.05, 0) is 77.0 Å². The second-order valence-corrected chi connectivity index (χ2v) is 23.1. The highest BCUT2D eigenvalue weighted by Crippen LogP contribution is 2.18. The summed E-state index contributed by atoms with van der Waals surface area (Å²) in [6, 6.07) is 0. The molecule has 0 radical (unpaired) electrons. The van der Waals surface area contributed by atoms with E-state index in [4.69, 9.17) is 14.2 Å². The highest BCUT2D eigenvalue weighted by atomic mass is 16.6. The highest BCUT2D eigenvalue weighted by molar-refractivity contribution is 5.71. The average Bonchev–Trinajstić information content (AvgIpc) is 3.43. The Balaban J connectivity index is 4.31. The minimum atomic E-state index is -0.777. The van der Waals surface area contributed by atoms with Gasteiger partial charge in [0.1, 0.15) is 13.2 Å². The SMILES string of the molecule is CC/C=C\C/C=C\C/C=C\CCCCCCCCCC(=O)OCC(COC(=O)CCCCCCCCCCCCC/C=C\CCCCCCCCCC)OC(=O)CCCCCCCCCCCCCCCCCCCCC. The van der Waals surface area contributed by atoms with Gasteiger partial charge in [-0.1, -0.05) is 320 Å². The first-order chi connectivity index (χ1) is 38.0. The third-order valence-electron chi connectivity index (χ3n) is 15.3. The zero-order chi connectivity index (χ0) is 55.7. The molecule has 0 rings (SSSR count). The van der Waals surface area contributed by atoms with E-state index in [1.54, 1.807) is 0 Å². The van der Waals surface area contributed by atoms with Crippen LogP contribution < -0.4 is 0 Å². The molecule has 0 aromatic rings. The Kier molecular flexibility index (Phi) is 63.6. The number of rotatable bonds is 63. The van der Waals surface area contributed by atoms with E-state index in [-0.39, 0.29) is 31.1 Å². The molecule has 6 nitrogen and oxygen atoms in total. The normalized spacial score (nSPS) is 12.3. The molecule has 0 aromatic carbocycles. The van der Waals surface area contributed by atoms with Gasteiger partial charge < -0.3 is 14.2 Å². The van der Waals surface area contributed by atoms with Crippen molar-refractivity contribution in [2.24, 2.45) is 0 Å². The first-order valence-electron chi connectivity index (χ1n) is 34.1. The Morgan fingerprint density at radius 3 is 0.805 bits per heavy atom. The summed E-state index contributed by atoms with van der Waals surface area (Å²) in [6.07, 6.45) is 82.7. The van der Waals surface area contributed by atoms with E-state index in [0.29, 0.717) is 19.3 Å². The lowest BCUT2D eigenvalue weighted by Gasteiger charge is -2.18. The molecule has 6 heteroatoms. The molecule has 0 spiro atoms. The lowest BCUT2D eigenvalue weighted by Crippen LogP contribution is -2.30. The molecule has 0 amide bonds. The summed E-state index contributed by atoms with van der Waals surface area (Å²) >= 11 is 0. The average molecular weight is 1080 g/mol.